The summed E-state index contributed by atoms with van der Waals surface area (Å²) in [6.45, 7) is 2.61. The van der Waals surface area contributed by atoms with Gasteiger partial charge in [0.15, 0.2) is 0 Å². The van der Waals surface area contributed by atoms with Crippen LogP contribution in [0.3, 0.4) is 0 Å². The first kappa shape index (κ1) is 11.5. The second-order valence-electron chi connectivity index (χ2n) is 3.37. The maximum absolute atomic E-state index is 13.4. The van der Waals surface area contributed by atoms with Crippen LogP contribution in [0.15, 0.2) is 23.1 Å². The molecule has 3 heteroatoms. The Kier molecular flexibility index (Phi) is 4.42. The van der Waals surface area contributed by atoms with Gasteiger partial charge in [0.25, 0.3) is 0 Å². The van der Waals surface area contributed by atoms with Crippen LogP contribution in [0.1, 0.15) is 24.8 Å². The van der Waals surface area contributed by atoms with E-state index in [1.54, 1.807) is 17.8 Å². The highest BCUT2D eigenvalue weighted by Gasteiger charge is 2.10. The number of hydrogen-bond acceptors (Lipinski definition) is 2. The fourth-order valence-corrected chi connectivity index (χ4v) is 1.88. The lowest BCUT2D eigenvalue weighted by molar-refractivity contribution is 0.575. The van der Waals surface area contributed by atoms with Gasteiger partial charge in [-0.2, -0.15) is 0 Å². The van der Waals surface area contributed by atoms with Gasteiger partial charge in [0.1, 0.15) is 5.82 Å². The highest BCUT2D eigenvalue weighted by Crippen LogP contribution is 2.26. The van der Waals surface area contributed by atoms with Crippen molar-refractivity contribution >= 4 is 11.8 Å². The van der Waals surface area contributed by atoms with Gasteiger partial charge >= 0.3 is 0 Å². The largest absolute Gasteiger partial charge is 0.330 e. The summed E-state index contributed by atoms with van der Waals surface area (Å²) in [4.78, 5) is 1.10. The Morgan fingerprint density at radius 2 is 2.21 bits per heavy atom. The highest BCUT2D eigenvalue weighted by atomic mass is 32.2. The molecule has 1 atom stereocenters. The molecule has 1 aromatic carbocycles. The average molecular weight is 213 g/mol. The summed E-state index contributed by atoms with van der Waals surface area (Å²) >= 11 is 1.63. The smallest absolute Gasteiger partial charge is 0.126 e. The summed E-state index contributed by atoms with van der Waals surface area (Å²) in [7, 11) is 0. The second kappa shape index (κ2) is 5.37. The molecule has 78 valence electrons. The van der Waals surface area contributed by atoms with Crippen molar-refractivity contribution in [3.63, 3.8) is 0 Å². The molecule has 0 radical (unpaired) electrons. The van der Waals surface area contributed by atoms with Gasteiger partial charge in [0, 0.05) is 4.90 Å². The van der Waals surface area contributed by atoms with Crippen molar-refractivity contribution in [2.45, 2.75) is 24.2 Å². The van der Waals surface area contributed by atoms with E-state index < -0.39 is 0 Å². The molecule has 0 fully saturated rings. The molecule has 0 aliphatic carbocycles. The molecule has 1 rings (SSSR count). The summed E-state index contributed by atoms with van der Waals surface area (Å²) in [5.41, 5.74) is 6.24. The number of rotatable bonds is 4. The molecule has 1 nitrogen and oxygen atoms in total. The quantitative estimate of drug-likeness (QED) is 0.778. The van der Waals surface area contributed by atoms with E-state index >= 15 is 0 Å². The van der Waals surface area contributed by atoms with Crippen molar-refractivity contribution in [2.75, 3.05) is 12.8 Å². The molecule has 2 N–H and O–H groups in total. The van der Waals surface area contributed by atoms with Crippen molar-refractivity contribution in [3.05, 3.63) is 29.6 Å². The van der Waals surface area contributed by atoms with Crippen LogP contribution in [0.25, 0.3) is 0 Å². The molecule has 0 aromatic heterocycles. The minimum Gasteiger partial charge on any atom is -0.330 e. The summed E-state index contributed by atoms with van der Waals surface area (Å²) in [5.74, 6) is 0.0795. The third-order valence-corrected chi connectivity index (χ3v) is 3.06. The molecule has 0 amide bonds. The summed E-state index contributed by atoms with van der Waals surface area (Å²) < 4.78 is 13.4. The van der Waals surface area contributed by atoms with Crippen LogP contribution in [-0.4, -0.2) is 12.8 Å². The molecule has 0 spiro atoms. The zero-order chi connectivity index (χ0) is 10.6. The van der Waals surface area contributed by atoms with E-state index in [9.17, 15) is 4.39 Å². The minimum atomic E-state index is -0.122. The van der Waals surface area contributed by atoms with Gasteiger partial charge in [-0.05, 0) is 48.9 Å². The van der Waals surface area contributed by atoms with E-state index in [-0.39, 0.29) is 11.7 Å². The van der Waals surface area contributed by atoms with Crippen LogP contribution < -0.4 is 5.73 Å². The number of thioether (sulfide) groups is 1. The molecule has 14 heavy (non-hydrogen) atoms. The van der Waals surface area contributed by atoms with Crippen molar-refractivity contribution in [1.29, 1.82) is 0 Å². The number of halogens is 1. The van der Waals surface area contributed by atoms with Crippen molar-refractivity contribution in [1.82, 2.24) is 0 Å². The van der Waals surface area contributed by atoms with E-state index in [0.717, 1.165) is 16.9 Å². The lowest BCUT2D eigenvalue weighted by Crippen LogP contribution is -2.06. The molecule has 0 aliphatic heterocycles. The molecule has 0 heterocycles. The molecule has 0 saturated carbocycles. The van der Waals surface area contributed by atoms with Crippen molar-refractivity contribution < 1.29 is 4.39 Å². The topological polar surface area (TPSA) is 26.0 Å². The van der Waals surface area contributed by atoms with Crippen LogP contribution in [-0.2, 0) is 0 Å². The van der Waals surface area contributed by atoms with Gasteiger partial charge in [-0.3, -0.25) is 0 Å². The van der Waals surface area contributed by atoms with Crippen LogP contribution in [0.2, 0.25) is 0 Å². The Balaban J connectivity index is 2.93. The Hall–Kier alpha value is -0.540. The normalized spacial score (nSPS) is 12.9. The summed E-state index contributed by atoms with van der Waals surface area (Å²) in [6, 6.07) is 5.26. The van der Waals surface area contributed by atoms with E-state index in [4.69, 9.17) is 5.73 Å². The Labute approximate surface area is 88.9 Å². The van der Waals surface area contributed by atoms with Gasteiger partial charge in [0.2, 0.25) is 0 Å². The predicted molar refractivity (Wildman–Crippen MR) is 60.3 cm³/mol. The van der Waals surface area contributed by atoms with Crippen LogP contribution >= 0.6 is 11.8 Å². The summed E-state index contributed by atoms with van der Waals surface area (Å²) in [6.07, 6.45) is 2.82. The number of nitrogens with two attached hydrogens (primary N) is 1. The Bertz CT molecular complexity index is 301. The van der Waals surface area contributed by atoms with Gasteiger partial charge in [0.05, 0.1) is 0 Å². The zero-order valence-electron chi connectivity index (χ0n) is 8.59. The standard InChI is InChI=1S/C11H16FNS/c1-8(5-6-13)10-7-9(14-2)3-4-11(10)12/h3-4,7-8H,5-6,13H2,1-2H3. The van der Waals surface area contributed by atoms with E-state index in [2.05, 4.69) is 0 Å². The number of hydrogen-bond donors (Lipinski definition) is 1. The van der Waals surface area contributed by atoms with E-state index in [1.807, 2.05) is 19.2 Å². The first-order chi connectivity index (χ1) is 6.69. The van der Waals surface area contributed by atoms with Gasteiger partial charge in [-0.25, -0.2) is 4.39 Å². The second-order valence-corrected chi connectivity index (χ2v) is 4.25. The lowest BCUT2D eigenvalue weighted by Gasteiger charge is -2.12. The molecule has 0 aliphatic rings. The predicted octanol–water partition coefficient (Wildman–Crippen LogP) is 3.00. The SMILES string of the molecule is CSc1ccc(F)c(C(C)CCN)c1. The summed E-state index contributed by atoms with van der Waals surface area (Å²) in [5, 5.41) is 0. The van der Waals surface area contributed by atoms with Gasteiger partial charge < -0.3 is 5.73 Å². The van der Waals surface area contributed by atoms with Gasteiger partial charge in [-0.1, -0.05) is 6.92 Å². The van der Waals surface area contributed by atoms with E-state index in [1.165, 1.54) is 6.07 Å². The van der Waals surface area contributed by atoms with Crippen LogP contribution in [0.5, 0.6) is 0 Å². The minimum absolute atomic E-state index is 0.122. The van der Waals surface area contributed by atoms with Crippen molar-refractivity contribution in [2.24, 2.45) is 5.73 Å². The molecule has 0 saturated heterocycles. The molecule has 1 unspecified atom stereocenters. The molecular weight excluding hydrogens is 197 g/mol. The first-order valence-corrected chi connectivity index (χ1v) is 5.95. The molecular formula is C11H16FNS. The van der Waals surface area contributed by atoms with Crippen LogP contribution in [0.4, 0.5) is 4.39 Å². The van der Waals surface area contributed by atoms with Crippen molar-refractivity contribution in [3.8, 4) is 0 Å². The fourth-order valence-electron chi connectivity index (χ4n) is 1.43. The van der Waals surface area contributed by atoms with E-state index in [0.29, 0.717) is 6.54 Å². The van der Waals surface area contributed by atoms with Gasteiger partial charge in [-0.15, -0.1) is 11.8 Å². The average Bonchev–Trinajstić information content (AvgIpc) is 2.19. The molecule has 0 bridgehead atoms. The van der Waals surface area contributed by atoms with Crippen LogP contribution in [0, 0.1) is 5.82 Å². The monoisotopic (exact) mass is 213 g/mol. The maximum Gasteiger partial charge on any atom is 0.126 e. The first-order valence-electron chi connectivity index (χ1n) is 4.72. The fraction of sp³-hybridized carbons (Fsp3) is 0.455. The third-order valence-electron chi connectivity index (χ3n) is 2.33. The third kappa shape index (κ3) is 2.72. The Morgan fingerprint density at radius 3 is 2.79 bits per heavy atom. The lowest BCUT2D eigenvalue weighted by atomic mass is 9.97. The maximum atomic E-state index is 13.4. The zero-order valence-corrected chi connectivity index (χ0v) is 9.40. The molecule has 1 aromatic rings. The number of benzene rings is 1. The Morgan fingerprint density at radius 1 is 1.50 bits per heavy atom. The highest BCUT2D eigenvalue weighted by molar-refractivity contribution is 7.98.